The van der Waals surface area contributed by atoms with Gasteiger partial charge in [0.1, 0.15) is 5.82 Å². The molecule has 0 heterocycles. The van der Waals surface area contributed by atoms with Crippen LogP contribution in [0.3, 0.4) is 0 Å². The van der Waals surface area contributed by atoms with Gasteiger partial charge in [0.15, 0.2) is 0 Å². The smallest absolute Gasteiger partial charge is 0.123 e. The van der Waals surface area contributed by atoms with Crippen molar-refractivity contribution in [1.29, 1.82) is 0 Å². The number of hydrogen-bond donors (Lipinski definition) is 1. The van der Waals surface area contributed by atoms with Crippen LogP contribution in [0.5, 0.6) is 0 Å². The molecular weight excluding hydrogens is 215 g/mol. The van der Waals surface area contributed by atoms with E-state index >= 15 is 0 Å². The van der Waals surface area contributed by atoms with Gasteiger partial charge < -0.3 is 5.11 Å². The van der Waals surface area contributed by atoms with Gasteiger partial charge in [-0.25, -0.2) is 4.39 Å². The van der Waals surface area contributed by atoms with Gasteiger partial charge in [-0.3, -0.25) is 0 Å². The number of aliphatic hydroxyl groups is 1. The maximum Gasteiger partial charge on any atom is 0.123 e. The minimum atomic E-state index is -0.155. The van der Waals surface area contributed by atoms with E-state index in [2.05, 4.69) is 0 Å². The Bertz CT molecular complexity index is 281. The van der Waals surface area contributed by atoms with E-state index in [1.54, 1.807) is 0 Å². The van der Waals surface area contributed by atoms with Crippen molar-refractivity contribution < 1.29 is 9.50 Å². The van der Waals surface area contributed by atoms with Crippen molar-refractivity contribution in [3.05, 3.63) is 35.6 Å². The number of halogens is 1. The molecule has 0 bridgehead atoms. The maximum atomic E-state index is 12.7. The molecule has 0 spiro atoms. The molecule has 0 aromatic heterocycles. The summed E-state index contributed by atoms with van der Waals surface area (Å²) in [6.07, 6.45) is 9.34. The minimum absolute atomic E-state index is 0.155. The van der Waals surface area contributed by atoms with Gasteiger partial charge >= 0.3 is 0 Å². The lowest BCUT2D eigenvalue weighted by Crippen LogP contribution is -1.87. The van der Waals surface area contributed by atoms with Crippen molar-refractivity contribution in [3.8, 4) is 0 Å². The molecule has 0 aliphatic carbocycles. The fourth-order valence-electron chi connectivity index (χ4n) is 1.98. The fraction of sp³-hybridized carbons (Fsp3) is 0.600. The molecule has 1 rings (SSSR count). The Hall–Kier alpha value is -0.890. The molecule has 1 N–H and O–H groups in total. The third-order valence-corrected chi connectivity index (χ3v) is 3.04. The highest BCUT2D eigenvalue weighted by atomic mass is 19.1. The Balaban J connectivity index is 1.95. The predicted molar refractivity (Wildman–Crippen MR) is 69.5 cm³/mol. The van der Waals surface area contributed by atoms with Gasteiger partial charge in [0.25, 0.3) is 0 Å². The average Bonchev–Trinajstić information content (AvgIpc) is 2.35. The Morgan fingerprint density at radius 1 is 0.765 bits per heavy atom. The molecule has 1 nitrogen and oxygen atoms in total. The first kappa shape index (κ1) is 14.2. The van der Waals surface area contributed by atoms with E-state index < -0.39 is 0 Å². The molecule has 0 radical (unpaired) electrons. The summed E-state index contributed by atoms with van der Waals surface area (Å²) < 4.78 is 12.7. The van der Waals surface area contributed by atoms with E-state index in [1.165, 1.54) is 49.8 Å². The number of rotatable bonds is 9. The zero-order valence-corrected chi connectivity index (χ0v) is 10.5. The van der Waals surface area contributed by atoms with Gasteiger partial charge in [-0.15, -0.1) is 0 Å². The second kappa shape index (κ2) is 9.17. The first-order valence-electron chi connectivity index (χ1n) is 6.68. The molecule has 96 valence electrons. The fourth-order valence-corrected chi connectivity index (χ4v) is 1.98. The van der Waals surface area contributed by atoms with E-state index in [0.29, 0.717) is 6.61 Å². The highest BCUT2D eigenvalue weighted by Crippen LogP contribution is 2.11. The second-order valence-corrected chi connectivity index (χ2v) is 4.57. The van der Waals surface area contributed by atoms with Gasteiger partial charge in [0, 0.05) is 6.61 Å². The number of aryl methyl sites for hydroxylation is 1. The summed E-state index contributed by atoms with van der Waals surface area (Å²) in [4.78, 5) is 0. The average molecular weight is 238 g/mol. The standard InChI is InChI=1S/C15H23FO/c16-15-11-9-14(10-12-15)8-6-4-2-1-3-5-7-13-17/h9-12,17H,1-8,13H2. The lowest BCUT2D eigenvalue weighted by atomic mass is 10.0. The van der Waals surface area contributed by atoms with Crippen LogP contribution >= 0.6 is 0 Å². The Morgan fingerprint density at radius 2 is 1.29 bits per heavy atom. The van der Waals surface area contributed by atoms with E-state index in [0.717, 1.165) is 19.3 Å². The number of hydrogen-bond acceptors (Lipinski definition) is 1. The van der Waals surface area contributed by atoms with Gasteiger partial charge in [-0.2, -0.15) is 0 Å². The van der Waals surface area contributed by atoms with Gasteiger partial charge in [-0.1, -0.05) is 44.2 Å². The van der Waals surface area contributed by atoms with Crippen molar-refractivity contribution in [3.63, 3.8) is 0 Å². The van der Waals surface area contributed by atoms with Crippen LogP contribution in [0.2, 0.25) is 0 Å². The lowest BCUT2D eigenvalue weighted by molar-refractivity contribution is 0.282. The van der Waals surface area contributed by atoms with Crippen molar-refractivity contribution in [2.75, 3.05) is 6.61 Å². The monoisotopic (exact) mass is 238 g/mol. The van der Waals surface area contributed by atoms with Crippen LogP contribution < -0.4 is 0 Å². The number of aliphatic hydroxyl groups excluding tert-OH is 1. The van der Waals surface area contributed by atoms with Gasteiger partial charge in [0.05, 0.1) is 0 Å². The summed E-state index contributed by atoms with van der Waals surface area (Å²) in [7, 11) is 0. The van der Waals surface area contributed by atoms with E-state index in [-0.39, 0.29) is 5.82 Å². The molecule has 0 unspecified atom stereocenters. The topological polar surface area (TPSA) is 20.2 Å². The quantitative estimate of drug-likeness (QED) is 0.642. The number of unbranched alkanes of at least 4 members (excludes halogenated alkanes) is 6. The first-order chi connectivity index (χ1) is 8.33. The Kier molecular flexibility index (Phi) is 7.65. The molecule has 0 aliphatic rings. The minimum Gasteiger partial charge on any atom is -0.396 e. The van der Waals surface area contributed by atoms with Crippen LogP contribution in [0.4, 0.5) is 4.39 Å². The summed E-state index contributed by atoms with van der Waals surface area (Å²) in [5, 5.41) is 8.63. The largest absolute Gasteiger partial charge is 0.396 e. The van der Waals surface area contributed by atoms with Crippen LogP contribution in [0.15, 0.2) is 24.3 Å². The summed E-state index contributed by atoms with van der Waals surface area (Å²) in [6, 6.07) is 6.81. The Labute approximate surface area is 104 Å². The summed E-state index contributed by atoms with van der Waals surface area (Å²) in [5.41, 5.74) is 1.23. The lowest BCUT2D eigenvalue weighted by Gasteiger charge is -2.02. The van der Waals surface area contributed by atoms with Crippen LogP contribution in [0, 0.1) is 5.82 Å². The molecular formula is C15H23FO. The summed E-state index contributed by atoms with van der Waals surface area (Å²) in [5.74, 6) is -0.155. The van der Waals surface area contributed by atoms with E-state index in [1.807, 2.05) is 12.1 Å². The molecule has 0 aliphatic heterocycles. The molecule has 1 aromatic carbocycles. The maximum absolute atomic E-state index is 12.7. The first-order valence-corrected chi connectivity index (χ1v) is 6.68. The molecule has 0 atom stereocenters. The highest BCUT2D eigenvalue weighted by molar-refractivity contribution is 5.15. The summed E-state index contributed by atoms with van der Waals surface area (Å²) >= 11 is 0. The zero-order chi connectivity index (χ0) is 12.3. The Morgan fingerprint density at radius 3 is 1.88 bits per heavy atom. The predicted octanol–water partition coefficient (Wildman–Crippen LogP) is 4.09. The molecule has 1 aromatic rings. The zero-order valence-electron chi connectivity index (χ0n) is 10.5. The van der Waals surface area contributed by atoms with Gasteiger partial charge in [-0.05, 0) is 37.0 Å². The molecule has 2 heteroatoms. The normalized spacial score (nSPS) is 10.7. The van der Waals surface area contributed by atoms with Crippen molar-refractivity contribution in [2.45, 2.75) is 51.4 Å². The molecule has 0 fully saturated rings. The van der Waals surface area contributed by atoms with Crippen molar-refractivity contribution in [1.82, 2.24) is 0 Å². The third kappa shape index (κ3) is 7.11. The van der Waals surface area contributed by atoms with E-state index in [9.17, 15) is 4.39 Å². The van der Waals surface area contributed by atoms with Gasteiger partial charge in [0.2, 0.25) is 0 Å². The van der Waals surface area contributed by atoms with Crippen LogP contribution in [0.25, 0.3) is 0 Å². The number of benzene rings is 1. The van der Waals surface area contributed by atoms with Crippen molar-refractivity contribution >= 4 is 0 Å². The highest BCUT2D eigenvalue weighted by Gasteiger charge is 1.95. The van der Waals surface area contributed by atoms with Crippen molar-refractivity contribution in [2.24, 2.45) is 0 Å². The third-order valence-electron chi connectivity index (χ3n) is 3.04. The summed E-state index contributed by atoms with van der Waals surface area (Å²) in [6.45, 7) is 0.324. The molecule has 0 saturated carbocycles. The van der Waals surface area contributed by atoms with Crippen LogP contribution in [-0.2, 0) is 6.42 Å². The second-order valence-electron chi connectivity index (χ2n) is 4.57. The molecule has 17 heavy (non-hydrogen) atoms. The SMILES string of the molecule is OCCCCCCCCCc1ccc(F)cc1. The molecule has 0 saturated heterocycles. The van der Waals surface area contributed by atoms with Crippen LogP contribution in [0.1, 0.15) is 50.5 Å². The van der Waals surface area contributed by atoms with E-state index in [4.69, 9.17) is 5.11 Å². The molecule has 0 amide bonds. The van der Waals surface area contributed by atoms with Crippen LogP contribution in [-0.4, -0.2) is 11.7 Å².